The van der Waals surface area contributed by atoms with Crippen LogP contribution in [0.2, 0.25) is 0 Å². The van der Waals surface area contributed by atoms with Crippen LogP contribution in [-0.4, -0.2) is 15.9 Å². The molecule has 5 atom stereocenters. The lowest BCUT2D eigenvalue weighted by Crippen LogP contribution is -2.18. The number of imidazole rings is 1. The number of carbonyl (C=O) groups is 1. The van der Waals surface area contributed by atoms with Crippen LogP contribution in [0.3, 0.4) is 0 Å². The number of aromatic nitrogens is 2. The summed E-state index contributed by atoms with van der Waals surface area (Å²) in [7, 11) is 0. The Morgan fingerprint density at radius 3 is 2.77 bits per heavy atom. The first-order valence-corrected chi connectivity index (χ1v) is 8.21. The topological polar surface area (TPSA) is 57.8 Å². The van der Waals surface area contributed by atoms with E-state index in [2.05, 4.69) is 15.3 Å². The minimum Gasteiger partial charge on any atom is -0.345 e. The molecular formula is C18H19N3O. The quantitative estimate of drug-likeness (QED) is 0.912. The van der Waals surface area contributed by atoms with Crippen molar-refractivity contribution < 1.29 is 4.79 Å². The smallest absolute Gasteiger partial charge is 0.228 e. The molecule has 3 saturated carbocycles. The van der Waals surface area contributed by atoms with Crippen molar-refractivity contribution in [2.45, 2.75) is 19.3 Å². The molecule has 1 aromatic carbocycles. The van der Waals surface area contributed by atoms with Crippen LogP contribution in [-0.2, 0) is 4.79 Å². The van der Waals surface area contributed by atoms with Crippen LogP contribution in [0.25, 0.3) is 11.3 Å². The summed E-state index contributed by atoms with van der Waals surface area (Å²) in [6, 6.07) is 7.97. The standard InChI is InChI=1S/C18H19N3O/c22-18(17-15-11-4-5-12(6-11)16(15)17)21-13-3-1-2-10(7-13)14-8-19-9-20-14/h1-3,7-9,11-12,15-17H,4-6H2,(H,19,20)(H,21,22)/t11-,12+,15+,16-,17?. The highest BCUT2D eigenvalue weighted by atomic mass is 16.2. The summed E-state index contributed by atoms with van der Waals surface area (Å²) in [5.74, 6) is 3.56. The van der Waals surface area contributed by atoms with Crippen LogP contribution in [0.1, 0.15) is 19.3 Å². The van der Waals surface area contributed by atoms with Gasteiger partial charge in [-0.05, 0) is 55.1 Å². The Hall–Kier alpha value is -2.10. The van der Waals surface area contributed by atoms with E-state index in [1.807, 2.05) is 24.3 Å². The molecule has 0 saturated heterocycles. The number of rotatable bonds is 3. The number of hydrogen-bond acceptors (Lipinski definition) is 2. The highest BCUT2D eigenvalue weighted by molar-refractivity contribution is 5.95. The number of nitrogens with zero attached hydrogens (tertiary/aromatic N) is 1. The number of hydrogen-bond donors (Lipinski definition) is 2. The summed E-state index contributed by atoms with van der Waals surface area (Å²) in [5, 5.41) is 3.13. The van der Waals surface area contributed by atoms with Gasteiger partial charge in [0, 0.05) is 17.2 Å². The van der Waals surface area contributed by atoms with Crippen LogP contribution < -0.4 is 5.32 Å². The maximum atomic E-state index is 12.6. The molecule has 22 heavy (non-hydrogen) atoms. The Bertz CT molecular complexity index is 708. The largest absolute Gasteiger partial charge is 0.345 e. The van der Waals surface area contributed by atoms with E-state index >= 15 is 0 Å². The third kappa shape index (κ3) is 1.76. The molecule has 5 rings (SSSR count). The van der Waals surface area contributed by atoms with Gasteiger partial charge in [-0.25, -0.2) is 4.98 Å². The molecule has 1 aromatic heterocycles. The molecule has 3 aliphatic carbocycles. The SMILES string of the molecule is O=C(Nc1cccc(-c2cnc[nH]2)c1)C1[C@@H]2[C@H]3CC[C@H](C3)[C@H]12. The van der Waals surface area contributed by atoms with Gasteiger partial charge < -0.3 is 10.3 Å². The average Bonchev–Trinajstić information content (AvgIpc) is 2.95. The minimum atomic E-state index is 0.230. The molecule has 2 N–H and O–H groups in total. The Labute approximate surface area is 129 Å². The number of carbonyl (C=O) groups excluding carboxylic acids is 1. The van der Waals surface area contributed by atoms with Crippen molar-refractivity contribution in [1.82, 2.24) is 9.97 Å². The molecule has 4 nitrogen and oxygen atoms in total. The van der Waals surface area contributed by atoms with Gasteiger partial charge in [0.15, 0.2) is 0 Å². The van der Waals surface area contributed by atoms with Crippen molar-refractivity contribution in [2.75, 3.05) is 5.32 Å². The van der Waals surface area contributed by atoms with Crippen LogP contribution >= 0.6 is 0 Å². The lowest BCUT2D eigenvalue weighted by Gasteiger charge is -2.10. The van der Waals surface area contributed by atoms with E-state index in [4.69, 9.17) is 0 Å². The third-order valence-corrected chi connectivity index (χ3v) is 5.98. The molecular weight excluding hydrogens is 274 g/mol. The van der Waals surface area contributed by atoms with Crippen LogP contribution in [0.5, 0.6) is 0 Å². The summed E-state index contributed by atoms with van der Waals surface area (Å²) in [6.07, 6.45) is 7.55. The molecule has 3 fully saturated rings. The van der Waals surface area contributed by atoms with E-state index < -0.39 is 0 Å². The number of anilines is 1. The van der Waals surface area contributed by atoms with Gasteiger partial charge in [0.1, 0.15) is 0 Å². The van der Waals surface area contributed by atoms with E-state index in [1.54, 1.807) is 12.5 Å². The Balaban J connectivity index is 1.33. The monoisotopic (exact) mass is 293 g/mol. The van der Waals surface area contributed by atoms with Crippen LogP contribution in [0, 0.1) is 29.6 Å². The van der Waals surface area contributed by atoms with Gasteiger partial charge in [-0.1, -0.05) is 12.1 Å². The van der Waals surface area contributed by atoms with Gasteiger partial charge in [-0.3, -0.25) is 4.79 Å². The van der Waals surface area contributed by atoms with Crippen molar-refractivity contribution in [2.24, 2.45) is 29.6 Å². The molecule has 1 unspecified atom stereocenters. The Morgan fingerprint density at radius 1 is 1.23 bits per heavy atom. The molecule has 2 aromatic rings. The maximum Gasteiger partial charge on any atom is 0.228 e. The second-order valence-electron chi connectivity index (χ2n) is 7.05. The Morgan fingerprint density at radius 2 is 2.05 bits per heavy atom. The molecule has 3 aliphatic rings. The fraction of sp³-hybridized carbons (Fsp3) is 0.444. The number of nitrogens with one attached hydrogen (secondary N) is 2. The number of fused-ring (bicyclic) bond motifs is 5. The predicted octanol–water partition coefficient (Wildman–Crippen LogP) is 3.31. The highest BCUT2D eigenvalue weighted by Gasteiger charge is 2.67. The first kappa shape index (κ1) is 12.4. The lowest BCUT2D eigenvalue weighted by atomic mass is 10.0. The first-order chi connectivity index (χ1) is 10.8. The molecule has 112 valence electrons. The van der Waals surface area contributed by atoms with Gasteiger partial charge >= 0.3 is 0 Å². The molecule has 0 aliphatic heterocycles. The molecule has 1 amide bonds. The van der Waals surface area contributed by atoms with Gasteiger partial charge in [0.25, 0.3) is 0 Å². The van der Waals surface area contributed by atoms with Gasteiger partial charge in [-0.2, -0.15) is 0 Å². The van der Waals surface area contributed by atoms with E-state index in [-0.39, 0.29) is 11.8 Å². The maximum absolute atomic E-state index is 12.6. The van der Waals surface area contributed by atoms with E-state index in [1.165, 1.54) is 19.3 Å². The number of H-pyrrole nitrogens is 1. The van der Waals surface area contributed by atoms with Crippen LogP contribution in [0.15, 0.2) is 36.8 Å². The number of aromatic amines is 1. The zero-order chi connectivity index (χ0) is 14.7. The molecule has 2 bridgehead atoms. The van der Waals surface area contributed by atoms with Crippen LogP contribution in [0.4, 0.5) is 5.69 Å². The van der Waals surface area contributed by atoms with Crippen molar-refractivity contribution in [3.63, 3.8) is 0 Å². The summed E-state index contributed by atoms with van der Waals surface area (Å²) in [4.78, 5) is 19.7. The minimum absolute atomic E-state index is 0.230. The second-order valence-corrected chi connectivity index (χ2v) is 7.05. The third-order valence-electron chi connectivity index (χ3n) is 5.98. The summed E-state index contributed by atoms with van der Waals surface area (Å²) in [6.45, 7) is 0. The molecule has 1 heterocycles. The van der Waals surface area contributed by atoms with Gasteiger partial charge in [0.2, 0.25) is 5.91 Å². The fourth-order valence-electron chi connectivity index (χ4n) is 5.08. The van der Waals surface area contributed by atoms with Crippen molar-refractivity contribution in [3.8, 4) is 11.3 Å². The normalized spacial score (nSPS) is 34.5. The molecule has 0 radical (unpaired) electrons. The van der Waals surface area contributed by atoms with E-state index in [9.17, 15) is 4.79 Å². The first-order valence-electron chi connectivity index (χ1n) is 8.21. The molecule has 0 spiro atoms. The highest BCUT2D eigenvalue weighted by Crippen LogP contribution is 2.69. The average molecular weight is 293 g/mol. The summed E-state index contributed by atoms with van der Waals surface area (Å²) in [5.41, 5.74) is 2.90. The van der Waals surface area contributed by atoms with Crippen molar-refractivity contribution in [1.29, 1.82) is 0 Å². The van der Waals surface area contributed by atoms with Gasteiger partial charge in [-0.15, -0.1) is 0 Å². The zero-order valence-electron chi connectivity index (χ0n) is 12.3. The predicted molar refractivity (Wildman–Crippen MR) is 84.0 cm³/mol. The van der Waals surface area contributed by atoms with Gasteiger partial charge in [0.05, 0.1) is 18.2 Å². The number of amides is 1. The Kier molecular flexibility index (Phi) is 2.52. The number of benzene rings is 1. The summed E-state index contributed by atoms with van der Waals surface area (Å²) < 4.78 is 0. The van der Waals surface area contributed by atoms with Crippen molar-refractivity contribution >= 4 is 11.6 Å². The fourth-order valence-corrected chi connectivity index (χ4v) is 5.08. The van der Waals surface area contributed by atoms with E-state index in [0.29, 0.717) is 11.8 Å². The zero-order valence-corrected chi connectivity index (χ0v) is 12.3. The van der Waals surface area contributed by atoms with E-state index in [0.717, 1.165) is 28.8 Å². The lowest BCUT2D eigenvalue weighted by molar-refractivity contribution is -0.118. The second kappa shape index (κ2) is 4.45. The summed E-state index contributed by atoms with van der Waals surface area (Å²) >= 11 is 0. The molecule has 4 heteroatoms. The van der Waals surface area contributed by atoms with Crippen molar-refractivity contribution in [3.05, 3.63) is 36.8 Å².